The van der Waals surface area contributed by atoms with E-state index in [1.807, 2.05) is 36.4 Å². The quantitative estimate of drug-likeness (QED) is 0.304. The molecule has 218 valence electrons. The van der Waals surface area contributed by atoms with E-state index < -0.39 is 6.09 Å². The highest BCUT2D eigenvalue weighted by molar-refractivity contribution is 5.85. The maximum absolute atomic E-state index is 13.1. The van der Waals surface area contributed by atoms with E-state index >= 15 is 0 Å². The van der Waals surface area contributed by atoms with E-state index in [2.05, 4.69) is 47.0 Å². The smallest absolute Gasteiger partial charge is 0.411 e. The van der Waals surface area contributed by atoms with Crippen LogP contribution in [0.4, 0.5) is 10.5 Å². The maximum atomic E-state index is 13.1. The van der Waals surface area contributed by atoms with Gasteiger partial charge in [-0.15, -0.1) is 0 Å². The van der Waals surface area contributed by atoms with Crippen molar-refractivity contribution in [1.82, 2.24) is 5.32 Å². The number of hydrogen-bond donors (Lipinski definition) is 2. The number of benzene rings is 3. The fourth-order valence-corrected chi connectivity index (χ4v) is 12.0. The summed E-state index contributed by atoms with van der Waals surface area (Å²) in [5.41, 5.74) is 6.91. The van der Waals surface area contributed by atoms with Crippen molar-refractivity contribution in [3.8, 4) is 11.1 Å². The van der Waals surface area contributed by atoms with Gasteiger partial charge in [0, 0.05) is 18.2 Å². The predicted molar refractivity (Wildman–Crippen MR) is 164 cm³/mol. The van der Waals surface area contributed by atoms with Crippen LogP contribution >= 0.6 is 0 Å². The van der Waals surface area contributed by atoms with Crippen LogP contribution in [-0.2, 0) is 16.0 Å². The molecule has 0 spiro atoms. The standard InChI is InChI=1S/C38H38N2O3/c41-31(39-19-38-34-28-15-13-26(28)32(34)36(38)33-27-14-16-29(27)35(33)38)17-20-9-11-21(12-10-20)40-37(42)43-18-30-24-7-3-1-5-22(24)23-6-2-4-8-25(23)30/h1-12,26-30,32-36H,13-19H2,(H,39,41)(H,40,42). The Bertz CT molecular complexity index is 1590. The molecule has 0 radical (unpaired) electrons. The van der Waals surface area contributed by atoms with E-state index in [1.165, 1.54) is 47.9 Å². The molecule has 7 aliphatic carbocycles. The van der Waals surface area contributed by atoms with Crippen LogP contribution in [0.1, 0.15) is 48.3 Å². The molecular weight excluding hydrogens is 532 g/mol. The van der Waals surface area contributed by atoms with E-state index in [1.54, 1.807) is 0 Å². The van der Waals surface area contributed by atoms with Crippen LogP contribution < -0.4 is 10.6 Å². The molecule has 43 heavy (non-hydrogen) atoms. The molecular formula is C38H38N2O3. The number of rotatable bonds is 7. The number of ether oxygens (including phenoxy) is 1. The van der Waals surface area contributed by atoms with Gasteiger partial charge in [-0.25, -0.2) is 4.79 Å². The molecule has 2 amide bonds. The van der Waals surface area contributed by atoms with Crippen LogP contribution in [0.5, 0.6) is 0 Å². The molecule has 0 saturated heterocycles. The fraction of sp³-hybridized carbons (Fsp3) is 0.474. The highest BCUT2D eigenvalue weighted by Crippen LogP contribution is 2.92. The van der Waals surface area contributed by atoms with Gasteiger partial charge in [-0.05, 0) is 124 Å². The van der Waals surface area contributed by atoms with Gasteiger partial charge in [-0.2, -0.15) is 0 Å². The summed E-state index contributed by atoms with van der Waals surface area (Å²) in [5.74, 6) is 8.99. The first kappa shape index (κ1) is 24.8. The molecule has 5 nitrogen and oxygen atoms in total. The molecule has 8 unspecified atom stereocenters. The van der Waals surface area contributed by atoms with Gasteiger partial charge in [0.1, 0.15) is 6.61 Å². The van der Waals surface area contributed by atoms with Crippen molar-refractivity contribution in [3.05, 3.63) is 89.5 Å². The lowest BCUT2D eigenvalue weighted by atomic mass is 9.11. The van der Waals surface area contributed by atoms with E-state index in [0.29, 0.717) is 17.5 Å². The Labute approximate surface area is 252 Å². The minimum Gasteiger partial charge on any atom is -0.448 e. The summed E-state index contributed by atoms with van der Waals surface area (Å²) in [6.07, 6.45) is 5.75. The maximum Gasteiger partial charge on any atom is 0.411 e. The van der Waals surface area contributed by atoms with E-state index in [9.17, 15) is 9.59 Å². The SMILES string of the molecule is O=C(Cc1ccc(NC(=O)OCC2c3ccccc3-c3ccccc32)cc1)NCC12C3C4CCC4C3C1C1C3CCC3C12. The summed E-state index contributed by atoms with van der Waals surface area (Å²) in [4.78, 5) is 25.8. The molecule has 3 aromatic carbocycles. The van der Waals surface area contributed by atoms with Crippen molar-refractivity contribution in [1.29, 1.82) is 0 Å². The molecule has 0 aliphatic heterocycles. The lowest BCUT2D eigenvalue weighted by Crippen LogP contribution is -2.91. The van der Waals surface area contributed by atoms with E-state index in [4.69, 9.17) is 4.74 Å². The third-order valence-electron chi connectivity index (χ3n) is 13.7. The lowest BCUT2D eigenvalue weighted by Gasteiger charge is -2.93. The second-order valence-electron chi connectivity index (χ2n) is 14.8. The Morgan fingerprint density at radius 3 is 1.88 bits per heavy atom. The predicted octanol–water partition coefficient (Wildman–Crippen LogP) is 6.88. The van der Waals surface area contributed by atoms with Crippen molar-refractivity contribution in [2.24, 2.45) is 58.7 Å². The topological polar surface area (TPSA) is 67.4 Å². The molecule has 7 aliphatic rings. The van der Waals surface area contributed by atoms with Crippen molar-refractivity contribution >= 4 is 17.7 Å². The molecule has 2 N–H and O–H groups in total. The van der Waals surface area contributed by atoms with Crippen molar-refractivity contribution in [2.45, 2.75) is 38.0 Å². The van der Waals surface area contributed by atoms with Gasteiger partial charge in [0.25, 0.3) is 0 Å². The summed E-state index contributed by atoms with van der Waals surface area (Å²) in [6.45, 7) is 1.19. The lowest BCUT2D eigenvalue weighted by molar-refractivity contribution is -0.460. The zero-order valence-electron chi connectivity index (χ0n) is 24.4. The number of nitrogens with one attached hydrogen (secondary N) is 2. The third kappa shape index (κ3) is 3.13. The highest BCUT2D eigenvalue weighted by Gasteiger charge is 2.89. The molecule has 6 fully saturated rings. The highest BCUT2D eigenvalue weighted by atomic mass is 16.5. The van der Waals surface area contributed by atoms with Crippen molar-refractivity contribution < 1.29 is 14.3 Å². The number of amides is 2. The van der Waals surface area contributed by atoms with Gasteiger partial charge in [-0.3, -0.25) is 10.1 Å². The average Bonchev–Trinajstić information content (AvgIpc) is 3.31. The first-order valence-electron chi connectivity index (χ1n) is 16.6. The molecule has 5 heteroatoms. The third-order valence-corrected chi connectivity index (χ3v) is 13.7. The Hall–Kier alpha value is -3.60. The number of anilines is 1. The molecule has 0 heterocycles. The average molecular weight is 571 g/mol. The van der Waals surface area contributed by atoms with Crippen LogP contribution in [0.15, 0.2) is 72.8 Å². The Kier molecular flexibility index (Phi) is 5.04. The molecule has 8 atom stereocenters. The fourth-order valence-electron chi connectivity index (χ4n) is 12.0. The Morgan fingerprint density at radius 2 is 1.30 bits per heavy atom. The Morgan fingerprint density at radius 1 is 0.721 bits per heavy atom. The first-order chi connectivity index (χ1) is 21.1. The second-order valence-corrected chi connectivity index (χ2v) is 14.8. The molecule has 0 bridgehead atoms. The summed E-state index contributed by atoms with van der Waals surface area (Å²) >= 11 is 0. The van der Waals surface area contributed by atoms with Gasteiger partial charge >= 0.3 is 6.09 Å². The van der Waals surface area contributed by atoms with Gasteiger partial charge in [-0.1, -0.05) is 60.7 Å². The van der Waals surface area contributed by atoms with Crippen molar-refractivity contribution in [2.75, 3.05) is 18.5 Å². The summed E-state index contributed by atoms with van der Waals surface area (Å²) in [5, 5.41) is 6.28. The summed E-state index contributed by atoms with van der Waals surface area (Å²) in [6, 6.07) is 24.3. The molecule has 10 rings (SSSR count). The van der Waals surface area contributed by atoms with Crippen LogP contribution in [0.25, 0.3) is 11.1 Å². The van der Waals surface area contributed by atoms with Gasteiger partial charge < -0.3 is 10.1 Å². The normalized spacial score (nSPS) is 37.6. The van der Waals surface area contributed by atoms with E-state index in [0.717, 1.165) is 65.4 Å². The van der Waals surface area contributed by atoms with Crippen molar-refractivity contribution in [3.63, 3.8) is 0 Å². The second kappa shape index (κ2) is 8.74. The monoisotopic (exact) mass is 570 g/mol. The molecule has 3 aromatic rings. The summed E-state index contributed by atoms with van der Waals surface area (Å²) in [7, 11) is 0. The van der Waals surface area contributed by atoms with Crippen LogP contribution in [0, 0.1) is 58.7 Å². The number of carbonyl (C=O) groups is 2. The van der Waals surface area contributed by atoms with Crippen LogP contribution in [0.3, 0.4) is 0 Å². The minimum atomic E-state index is -0.465. The van der Waals surface area contributed by atoms with Crippen LogP contribution in [-0.4, -0.2) is 25.2 Å². The summed E-state index contributed by atoms with van der Waals surface area (Å²) < 4.78 is 5.70. The van der Waals surface area contributed by atoms with E-state index in [-0.39, 0.29) is 18.4 Å². The van der Waals surface area contributed by atoms with Gasteiger partial charge in [0.05, 0.1) is 6.42 Å². The van der Waals surface area contributed by atoms with Gasteiger partial charge in [0.2, 0.25) is 5.91 Å². The zero-order chi connectivity index (χ0) is 28.4. The number of carbonyl (C=O) groups excluding carboxylic acids is 2. The largest absolute Gasteiger partial charge is 0.448 e. The van der Waals surface area contributed by atoms with Crippen LogP contribution in [0.2, 0.25) is 0 Å². The van der Waals surface area contributed by atoms with Gasteiger partial charge in [0.15, 0.2) is 0 Å². The molecule has 6 saturated carbocycles. The first-order valence-corrected chi connectivity index (χ1v) is 16.6. The zero-order valence-corrected chi connectivity index (χ0v) is 24.4. The number of hydrogen-bond acceptors (Lipinski definition) is 3. The molecule has 0 aromatic heterocycles. The minimum absolute atomic E-state index is 0.0318. The Balaban J connectivity index is 0.744. The number of fused-ring (bicyclic) bond motifs is 16.